The van der Waals surface area contributed by atoms with E-state index in [9.17, 15) is 9.18 Å². The third-order valence-corrected chi connectivity index (χ3v) is 6.89. The lowest BCUT2D eigenvalue weighted by Crippen LogP contribution is -2.49. The van der Waals surface area contributed by atoms with Crippen LogP contribution < -0.4 is 16.2 Å². The fourth-order valence-corrected chi connectivity index (χ4v) is 5.52. The molecule has 2 fully saturated rings. The monoisotopic (exact) mass is 421 g/mol. The van der Waals surface area contributed by atoms with Crippen LogP contribution in [0.1, 0.15) is 25.7 Å². The average Bonchev–Trinajstić information content (AvgIpc) is 3.37. The van der Waals surface area contributed by atoms with Crippen molar-refractivity contribution in [1.29, 1.82) is 0 Å². The third kappa shape index (κ3) is 2.65. The lowest BCUT2D eigenvalue weighted by Gasteiger charge is -2.38. The van der Waals surface area contributed by atoms with Gasteiger partial charge in [0.15, 0.2) is 0 Å². The summed E-state index contributed by atoms with van der Waals surface area (Å²) in [7, 11) is 3.54. The molecule has 9 heteroatoms. The number of hydrogen-bond donors (Lipinski definition) is 2. The van der Waals surface area contributed by atoms with Crippen molar-refractivity contribution >= 4 is 27.9 Å². The van der Waals surface area contributed by atoms with Crippen molar-refractivity contribution in [3.8, 4) is 11.1 Å². The van der Waals surface area contributed by atoms with Crippen LogP contribution in [0.5, 0.6) is 0 Å². The number of nitrogens with two attached hydrogens (primary N) is 1. The predicted molar refractivity (Wildman–Crippen MR) is 117 cm³/mol. The Hall–Kier alpha value is -3.20. The molecule has 2 saturated heterocycles. The van der Waals surface area contributed by atoms with Gasteiger partial charge in [0.2, 0.25) is 5.95 Å². The fraction of sp³-hybridized carbons (Fsp3) is 0.409. The standard InChI is InChI=1S/C22H24FN7O/c1-28-10-11-5-15(17(23)8-18(11)27-28)16-9-25-20-19(16)21(31)29(2)22(26-20)30-13-3-4-14(30)7-12(24)6-13/h5,8-10,12-14,25H,3-4,6-7,24H2,1-2H3/t12?,13-,14+. The van der Waals surface area contributed by atoms with Gasteiger partial charge in [-0.2, -0.15) is 10.1 Å². The quantitative estimate of drug-likeness (QED) is 0.518. The summed E-state index contributed by atoms with van der Waals surface area (Å²) in [5.41, 5.74) is 7.97. The van der Waals surface area contributed by atoms with E-state index in [0.717, 1.165) is 31.1 Å². The van der Waals surface area contributed by atoms with E-state index in [1.807, 2.05) is 6.20 Å². The van der Waals surface area contributed by atoms with E-state index in [-0.39, 0.29) is 11.6 Å². The van der Waals surface area contributed by atoms with Gasteiger partial charge < -0.3 is 15.6 Å². The number of anilines is 1. The van der Waals surface area contributed by atoms with Crippen LogP contribution in [0.25, 0.3) is 33.1 Å². The first kappa shape index (κ1) is 18.6. The molecule has 5 heterocycles. The van der Waals surface area contributed by atoms with Crippen molar-refractivity contribution in [3.05, 3.63) is 40.7 Å². The Labute approximate surface area is 177 Å². The molecular formula is C22H24FN7O. The van der Waals surface area contributed by atoms with Crippen molar-refractivity contribution in [3.63, 3.8) is 0 Å². The van der Waals surface area contributed by atoms with Gasteiger partial charge in [-0.25, -0.2) is 4.39 Å². The van der Waals surface area contributed by atoms with Gasteiger partial charge in [0, 0.05) is 67.2 Å². The molecule has 31 heavy (non-hydrogen) atoms. The number of hydrogen-bond acceptors (Lipinski definition) is 5. The minimum Gasteiger partial charge on any atom is -0.345 e. The van der Waals surface area contributed by atoms with Gasteiger partial charge in [-0.1, -0.05) is 0 Å². The van der Waals surface area contributed by atoms with Crippen molar-refractivity contribution in [2.45, 2.75) is 43.8 Å². The molecule has 1 unspecified atom stereocenters. The molecule has 0 aliphatic carbocycles. The number of aromatic nitrogens is 5. The van der Waals surface area contributed by atoms with Crippen LogP contribution in [0.4, 0.5) is 10.3 Å². The summed E-state index contributed by atoms with van der Waals surface area (Å²) in [5.74, 6) is 0.245. The number of halogens is 1. The van der Waals surface area contributed by atoms with Gasteiger partial charge >= 0.3 is 0 Å². The second-order valence-corrected chi connectivity index (χ2v) is 8.92. The molecule has 0 spiro atoms. The van der Waals surface area contributed by atoms with E-state index in [0.29, 0.717) is 45.7 Å². The molecule has 6 rings (SSSR count). The number of aryl methyl sites for hydroxylation is 1. The smallest absolute Gasteiger partial charge is 0.264 e. The topological polar surface area (TPSA) is 97.8 Å². The molecule has 8 nitrogen and oxygen atoms in total. The molecule has 0 amide bonds. The molecule has 0 saturated carbocycles. The summed E-state index contributed by atoms with van der Waals surface area (Å²) in [6, 6.07) is 3.97. The van der Waals surface area contributed by atoms with Gasteiger partial charge in [0.1, 0.15) is 11.5 Å². The highest BCUT2D eigenvalue weighted by atomic mass is 19.1. The Kier molecular flexibility index (Phi) is 3.83. The molecule has 2 aliphatic heterocycles. The molecule has 2 aliphatic rings. The minimum absolute atomic E-state index is 0.184. The van der Waals surface area contributed by atoms with Crippen LogP contribution >= 0.6 is 0 Å². The number of H-pyrrole nitrogens is 1. The highest BCUT2D eigenvalue weighted by Crippen LogP contribution is 2.38. The maximum absolute atomic E-state index is 15.0. The Morgan fingerprint density at radius 1 is 1.16 bits per heavy atom. The predicted octanol–water partition coefficient (Wildman–Crippen LogP) is 2.41. The van der Waals surface area contributed by atoms with E-state index < -0.39 is 5.82 Å². The number of nitrogens with zero attached hydrogens (tertiary/aromatic N) is 5. The van der Waals surface area contributed by atoms with Gasteiger partial charge in [0.05, 0.1) is 10.9 Å². The van der Waals surface area contributed by atoms with Crippen LogP contribution in [-0.2, 0) is 14.1 Å². The van der Waals surface area contributed by atoms with Gasteiger partial charge in [-0.3, -0.25) is 14.0 Å². The summed E-state index contributed by atoms with van der Waals surface area (Å²) < 4.78 is 18.2. The number of aromatic amines is 1. The first-order chi connectivity index (χ1) is 14.9. The van der Waals surface area contributed by atoms with Crippen molar-refractivity contribution in [2.75, 3.05) is 4.90 Å². The first-order valence-electron chi connectivity index (χ1n) is 10.7. The summed E-state index contributed by atoms with van der Waals surface area (Å²) in [4.78, 5) is 23.6. The number of nitrogens with one attached hydrogen (secondary N) is 1. The van der Waals surface area contributed by atoms with Crippen LogP contribution in [0.15, 0.2) is 29.3 Å². The molecule has 3 N–H and O–H groups in total. The summed E-state index contributed by atoms with van der Waals surface area (Å²) in [6.07, 6.45) is 7.47. The van der Waals surface area contributed by atoms with E-state index in [1.54, 1.807) is 35.6 Å². The Balaban J connectivity index is 1.52. The van der Waals surface area contributed by atoms with E-state index in [4.69, 9.17) is 10.7 Å². The van der Waals surface area contributed by atoms with Gasteiger partial charge in [0.25, 0.3) is 5.56 Å². The third-order valence-electron chi connectivity index (χ3n) is 6.89. The zero-order chi connectivity index (χ0) is 21.4. The molecular weight excluding hydrogens is 397 g/mol. The van der Waals surface area contributed by atoms with Crippen LogP contribution in [-0.4, -0.2) is 42.4 Å². The molecule has 0 radical (unpaired) electrons. The Morgan fingerprint density at radius 2 is 1.90 bits per heavy atom. The second-order valence-electron chi connectivity index (χ2n) is 8.92. The number of fused-ring (bicyclic) bond motifs is 4. The minimum atomic E-state index is -0.415. The normalized spacial score (nSPS) is 23.4. The van der Waals surface area contributed by atoms with Gasteiger partial charge in [-0.05, 0) is 31.7 Å². The Bertz CT molecular complexity index is 1390. The van der Waals surface area contributed by atoms with E-state index >= 15 is 0 Å². The highest BCUT2D eigenvalue weighted by molar-refractivity contribution is 5.96. The molecule has 1 aromatic carbocycles. The molecule has 2 bridgehead atoms. The van der Waals surface area contributed by atoms with Crippen molar-refractivity contribution < 1.29 is 4.39 Å². The van der Waals surface area contributed by atoms with Crippen LogP contribution in [0.3, 0.4) is 0 Å². The second kappa shape index (κ2) is 6.40. The lowest BCUT2D eigenvalue weighted by molar-refractivity contribution is 0.405. The maximum atomic E-state index is 15.0. The van der Waals surface area contributed by atoms with Gasteiger partial charge in [-0.15, -0.1) is 0 Å². The molecule has 3 atom stereocenters. The summed E-state index contributed by atoms with van der Waals surface area (Å²) in [6.45, 7) is 0. The highest BCUT2D eigenvalue weighted by Gasteiger charge is 2.41. The zero-order valence-electron chi connectivity index (χ0n) is 17.5. The van der Waals surface area contributed by atoms with Crippen molar-refractivity contribution in [1.82, 2.24) is 24.3 Å². The molecule has 4 aromatic rings. The largest absolute Gasteiger partial charge is 0.345 e. The average molecular weight is 421 g/mol. The van der Waals surface area contributed by atoms with E-state index in [2.05, 4.69) is 15.0 Å². The number of rotatable bonds is 2. The number of piperidine rings is 1. The SMILES string of the molecule is Cn1cc2cc(-c3c[nH]c4nc(N5[C@@H]6CC[C@H]5CC(N)C6)n(C)c(=O)c34)c(F)cc2n1. The number of benzene rings is 1. The zero-order valence-corrected chi connectivity index (χ0v) is 17.5. The first-order valence-corrected chi connectivity index (χ1v) is 10.7. The lowest BCUT2D eigenvalue weighted by atomic mass is 9.98. The molecule has 3 aromatic heterocycles. The van der Waals surface area contributed by atoms with Crippen LogP contribution in [0.2, 0.25) is 0 Å². The van der Waals surface area contributed by atoms with E-state index in [1.165, 1.54) is 6.07 Å². The van der Waals surface area contributed by atoms with Crippen molar-refractivity contribution in [2.24, 2.45) is 19.8 Å². The fourth-order valence-electron chi connectivity index (χ4n) is 5.52. The molecule has 160 valence electrons. The van der Waals surface area contributed by atoms with Crippen LogP contribution in [0, 0.1) is 5.82 Å². The maximum Gasteiger partial charge on any atom is 0.264 e. The summed E-state index contributed by atoms with van der Waals surface area (Å²) in [5, 5.41) is 5.47. The summed E-state index contributed by atoms with van der Waals surface area (Å²) >= 11 is 0. The Morgan fingerprint density at radius 3 is 2.65 bits per heavy atom.